The summed E-state index contributed by atoms with van der Waals surface area (Å²) in [6, 6.07) is 7.57. The van der Waals surface area contributed by atoms with E-state index >= 15 is 0 Å². The molecule has 0 unspecified atom stereocenters. The van der Waals surface area contributed by atoms with Crippen molar-refractivity contribution in [3.05, 3.63) is 47.8 Å². The van der Waals surface area contributed by atoms with Gasteiger partial charge in [0, 0.05) is 19.2 Å². The second kappa shape index (κ2) is 7.04. The van der Waals surface area contributed by atoms with Gasteiger partial charge >= 0.3 is 0 Å². The smallest absolute Gasteiger partial charge is 0.240 e. The van der Waals surface area contributed by atoms with Gasteiger partial charge in [-0.3, -0.25) is 14.9 Å². The lowest BCUT2D eigenvalue weighted by molar-refractivity contribution is -0.121. The highest BCUT2D eigenvalue weighted by Gasteiger charge is 2.13. The lowest BCUT2D eigenvalue weighted by atomic mass is 10.2. The van der Waals surface area contributed by atoms with Crippen LogP contribution in [0.25, 0.3) is 0 Å². The minimum Gasteiger partial charge on any atom is -0.374 e. The van der Waals surface area contributed by atoms with Crippen LogP contribution in [0.5, 0.6) is 0 Å². The first-order valence-corrected chi connectivity index (χ1v) is 7.31. The van der Waals surface area contributed by atoms with E-state index in [-0.39, 0.29) is 17.4 Å². The molecule has 0 saturated heterocycles. The number of thiocarbonyl (C=S) groups is 1. The molecule has 0 aliphatic rings. The van der Waals surface area contributed by atoms with Gasteiger partial charge in [-0.25, -0.2) is 5.01 Å². The predicted molar refractivity (Wildman–Crippen MR) is 90.2 cm³/mol. The Balaban J connectivity index is 1.97. The molecule has 0 fully saturated rings. The summed E-state index contributed by atoms with van der Waals surface area (Å²) in [7, 11) is 0. The average Bonchev–Trinajstić information content (AvgIpc) is 2.89. The van der Waals surface area contributed by atoms with Crippen LogP contribution in [0.15, 0.2) is 36.7 Å². The molecule has 0 aliphatic heterocycles. The lowest BCUT2D eigenvalue weighted by Crippen LogP contribution is -2.49. The Bertz CT molecular complexity index is 665. The van der Waals surface area contributed by atoms with Crippen LogP contribution in [-0.4, -0.2) is 20.8 Å². The summed E-state index contributed by atoms with van der Waals surface area (Å²) in [4.78, 5) is 12.1. The van der Waals surface area contributed by atoms with Gasteiger partial charge < -0.3 is 5.73 Å². The van der Waals surface area contributed by atoms with Crippen LogP contribution >= 0.6 is 12.2 Å². The molecule has 3 N–H and O–H groups in total. The van der Waals surface area contributed by atoms with E-state index in [1.807, 2.05) is 44.3 Å². The third kappa shape index (κ3) is 4.29. The Labute approximate surface area is 134 Å². The van der Waals surface area contributed by atoms with E-state index in [1.165, 1.54) is 5.01 Å². The van der Waals surface area contributed by atoms with Crippen LogP contribution in [-0.2, 0) is 11.3 Å². The molecular formula is C15H19N5OS. The predicted octanol–water partition coefficient (Wildman–Crippen LogP) is 1.67. The highest BCUT2D eigenvalue weighted by molar-refractivity contribution is 7.80. The number of carbonyl (C=O) groups excluding carboxylic acids is 1. The van der Waals surface area contributed by atoms with E-state index in [4.69, 9.17) is 18.0 Å². The van der Waals surface area contributed by atoms with Crippen molar-refractivity contribution in [2.75, 3.05) is 5.01 Å². The number of benzene rings is 1. The minimum absolute atomic E-state index is 0.0899. The first kappa shape index (κ1) is 16.0. The zero-order chi connectivity index (χ0) is 16.1. The molecule has 116 valence electrons. The van der Waals surface area contributed by atoms with Crippen LogP contribution in [0.3, 0.4) is 0 Å². The van der Waals surface area contributed by atoms with Crippen molar-refractivity contribution >= 4 is 28.9 Å². The summed E-state index contributed by atoms with van der Waals surface area (Å²) in [6.07, 6.45) is 3.93. The summed E-state index contributed by atoms with van der Waals surface area (Å²) in [6.45, 7) is 4.44. The van der Waals surface area contributed by atoms with Gasteiger partial charge in [-0.1, -0.05) is 17.7 Å². The maximum atomic E-state index is 12.1. The number of nitrogens with two attached hydrogens (primary N) is 1. The molecule has 0 aliphatic carbocycles. The van der Waals surface area contributed by atoms with Gasteiger partial charge in [-0.05, 0) is 43.8 Å². The van der Waals surface area contributed by atoms with Gasteiger partial charge in [0.25, 0.3) is 0 Å². The molecule has 2 aromatic rings. The molecular weight excluding hydrogens is 298 g/mol. The number of nitrogens with zero attached hydrogens (tertiary/aromatic N) is 3. The largest absolute Gasteiger partial charge is 0.374 e. The van der Waals surface area contributed by atoms with Crippen molar-refractivity contribution in [2.24, 2.45) is 5.73 Å². The third-order valence-corrected chi connectivity index (χ3v) is 3.26. The maximum absolute atomic E-state index is 12.1. The number of hydrazine groups is 1. The SMILES string of the molecule is Cc1ccc(N(NC(=O)CCn2cc(C)cn2)C(N)=S)cc1. The fourth-order valence-corrected chi connectivity index (χ4v) is 2.08. The van der Waals surface area contributed by atoms with E-state index in [1.54, 1.807) is 10.9 Å². The second-order valence-electron chi connectivity index (χ2n) is 5.07. The molecule has 0 radical (unpaired) electrons. The first-order valence-electron chi connectivity index (χ1n) is 6.90. The number of anilines is 1. The normalized spacial score (nSPS) is 10.3. The van der Waals surface area contributed by atoms with Gasteiger partial charge in [0.2, 0.25) is 5.91 Å². The summed E-state index contributed by atoms with van der Waals surface area (Å²) in [5.74, 6) is -0.179. The summed E-state index contributed by atoms with van der Waals surface area (Å²) >= 11 is 5.00. The molecule has 2 rings (SSSR count). The number of aromatic nitrogens is 2. The van der Waals surface area contributed by atoms with Crippen molar-refractivity contribution in [2.45, 2.75) is 26.8 Å². The van der Waals surface area contributed by atoms with Gasteiger partial charge in [0.05, 0.1) is 11.9 Å². The highest BCUT2D eigenvalue weighted by Crippen LogP contribution is 2.13. The number of hydrogen-bond donors (Lipinski definition) is 2. The maximum Gasteiger partial charge on any atom is 0.240 e. The molecule has 1 aromatic carbocycles. The summed E-state index contributed by atoms with van der Waals surface area (Å²) < 4.78 is 1.73. The molecule has 0 saturated carbocycles. The molecule has 0 bridgehead atoms. The van der Waals surface area contributed by atoms with E-state index in [0.29, 0.717) is 6.54 Å². The molecule has 1 heterocycles. The number of aryl methyl sites for hydroxylation is 3. The standard InChI is InChI=1S/C15H19N5OS/c1-11-3-5-13(6-4-11)20(15(16)22)18-14(21)7-8-19-10-12(2)9-17-19/h3-6,9-10H,7-8H2,1-2H3,(H2,16,22)(H,18,21). The van der Waals surface area contributed by atoms with Gasteiger partial charge in [0.1, 0.15) is 0 Å². The molecule has 0 spiro atoms. The van der Waals surface area contributed by atoms with Crippen LogP contribution in [0.1, 0.15) is 17.5 Å². The van der Waals surface area contributed by atoms with Crippen LogP contribution in [0.2, 0.25) is 0 Å². The Kier molecular flexibility index (Phi) is 5.11. The Hall–Kier alpha value is -2.41. The quantitative estimate of drug-likeness (QED) is 0.663. The fraction of sp³-hybridized carbons (Fsp3) is 0.267. The fourth-order valence-electron chi connectivity index (χ4n) is 1.93. The van der Waals surface area contributed by atoms with Crippen molar-refractivity contribution in [1.82, 2.24) is 15.2 Å². The monoisotopic (exact) mass is 317 g/mol. The van der Waals surface area contributed by atoms with Crippen LogP contribution in [0, 0.1) is 13.8 Å². The molecule has 1 aromatic heterocycles. The number of amides is 1. The second-order valence-corrected chi connectivity index (χ2v) is 5.49. The zero-order valence-corrected chi connectivity index (χ0v) is 13.4. The minimum atomic E-state index is -0.179. The number of carbonyl (C=O) groups is 1. The molecule has 6 nitrogen and oxygen atoms in total. The van der Waals surface area contributed by atoms with E-state index in [2.05, 4.69) is 10.5 Å². The van der Waals surface area contributed by atoms with Crippen molar-refractivity contribution in [3.8, 4) is 0 Å². The lowest BCUT2D eigenvalue weighted by Gasteiger charge is -2.23. The van der Waals surface area contributed by atoms with Crippen molar-refractivity contribution in [1.29, 1.82) is 0 Å². The van der Waals surface area contributed by atoms with E-state index in [0.717, 1.165) is 16.8 Å². The summed E-state index contributed by atoms with van der Waals surface area (Å²) in [5.41, 5.74) is 11.3. The highest BCUT2D eigenvalue weighted by atomic mass is 32.1. The molecule has 22 heavy (non-hydrogen) atoms. The van der Waals surface area contributed by atoms with Crippen molar-refractivity contribution in [3.63, 3.8) is 0 Å². The Morgan fingerprint density at radius 2 is 2.00 bits per heavy atom. The zero-order valence-electron chi connectivity index (χ0n) is 12.6. The molecule has 1 amide bonds. The average molecular weight is 317 g/mol. The third-order valence-electron chi connectivity index (χ3n) is 3.08. The van der Waals surface area contributed by atoms with E-state index in [9.17, 15) is 4.79 Å². The van der Waals surface area contributed by atoms with Gasteiger partial charge in [-0.15, -0.1) is 0 Å². The first-order chi connectivity index (χ1) is 10.5. The number of rotatable bonds is 4. The van der Waals surface area contributed by atoms with Gasteiger partial charge in [-0.2, -0.15) is 5.10 Å². The number of nitrogens with one attached hydrogen (secondary N) is 1. The van der Waals surface area contributed by atoms with Crippen LogP contribution in [0.4, 0.5) is 5.69 Å². The molecule has 7 heteroatoms. The van der Waals surface area contributed by atoms with Crippen LogP contribution < -0.4 is 16.2 Å². The van der Waals surface area contributed by atoms with Crippen molar-refractivity contribution < 1.29 is 4.79 Å². The number of hydrogen-bond acceptors (Lipinski definition) is 3. The Morgan fingerprint density at radius 1 is 1.32 bits per heavy atom. The molecule has 0 atom stereocenters. The topological polar surface area (TPSA) is 76.2 Å². The Morgan fingerprint density at radius 3 is 2.55 bits per heavy atom. The summed E-state index contributed by atoms with van der Waals surface area (Å²) in [5, 5.41) is 5.64. The van der Waals surface area contributed by atoms with Gasteiger partial charge in [0.15, 0.2) is 5.11 Å². The van der Waals surface area contributed by atoms with E-state index < -0.39 is 0 Å².